The quantitative estimate of drug-likeness (QED) is 0.398. The van der Waals surface area contributed by atoms with Gasteiger partial charge < -0.3 is 5.73 Å². The second-order valence-corrected chi connectivity index (χ2v) is 1.76. The van der Waals surface area contributed by atoms with E-state index in [9.17, 15) is 4.79 Å². The van der Waals surface area contributed by atoms with Crippen molar-refractivity contribution in [2.75, 3.05) is 11.2 Å². The molecule has 0 unspecified atom stereocenters. The molecule has 0 aliphatic rings. The monoisotopic (exact) mass is 154 g/mol. The second-order valence-electron chi connectivity index (χ2n) is 1.76. The van der Waals surface area contributed by atoms with E-state index in [2.05, 4.69) is 9.97 Å². The van der Waals surface area contributed by atoms with Gasteiger partial charge in [0, 0.05) is 6.20 Å². The Kier molecular flexibility index (Phi) is 1.98. The van der Waals surface area contributed by atoms with E-state index in [1.807, 2.05) is 0 Å². The van der Waals surface area contributed by atoms with Gasteiger partial charge in [-0.3, -0.25) is 15.5 Å². The third-order valence-corrected chi connectivity index (χ3v) is 1.07. The molecule has 0 saturated heterocycles. The zero-order chi connectivity index (χ0) is 8.27. The molecular weight excluding hydrogens is 148 g/mol. The molecule has 11 heavy (non-hydrogen) atoms. The van der Waals surface area contributed by atoms with Crippen LogP contribution in [0.4, 0.5) is 11.8 Å². The van der Waals surface area contributed by atoms with Crippen molar-refractivity contribution in [2.24, 2.45) is 0 Å². The Bertz CT molecular complexity index is 275. The summed E-state index contributed by atoms with van der Waals surface area (Å²) < 4.78 is 0. The highest BCUT2D eigenvalue weighted by Gasteiger charge is 2.02. The molecular formula is C5H6N4O2. The average molecular weight is 154 g/mol. The maximum absolute atomic E-state index is 10.2. The number of carbonyl (C=O) groups is 1. The molecule has 6 heteroatoms. The van der Waals surface area contributed by atoms with E-state index in [0.717, 1.165) is 0 Å². The van der Waals surface area contributed by atoms with Crippen molar-refractivity contribution in [2.45, 2.75) is 0 Å². The number of nitrogen functional groups attached to an aromatic ring is 1. The summed E-state index contributed by atoms with van der Waals surface area (Å²) in [6.45, 7) is 0. The van der Waals surface area contributed by atoms with Gasteiger partial charge in [-0.2, -0.15) is 4.98 Å². The van der Waals surface area contributed by atoms with Crippen LogP contribution in [-0.2, 0) is 0 Å². The molecule has 0 aromatic carbocycles. The number of carbonyl (C=O) groups excluding carboxylic acids is 1. The summed E-state index contributed by atoms with van der Waals surface area (Å²) in [6.07, 6.45) is 1.73. The largest absolute Gasteiger partial charge is 0.368 e. The van der Waals surface area contributed by atoms with Crippen LogP contribution in [-0.4, -0.2) is 21.5 Å². The van der Waals surface area contributed by atoms with Crippen molar-refractivity contribution in [3.8, 4) is 0 Å². The van der Waals surface area contributed by atoms with Crippen LogP contribution in [0.5, 0.6) is 0 Å². The number of aromatic nitrogens is 2. The number of hydrogen-bond donors (Lipinski definition) is 3. The van der Waals surface area contributed by atoms with E-state index in [-0.39, 0.29) is 17.3 Å². The fraction of sp³-hybridized carbons (Fsp3) is 0. The van der Waals surface area contributed by atoms with Gasteiger partial charge in [0.2, 0.25) is 5.95 Å². The summed E-state index contributed by atoms with van der Waals surface area (Å²) in [7, 11) is 0. The lowest BCUT2D eigenvalue weighted by atomic mass is 10.3. The standard InChI is InChI=1S/C5H6N4O2/c6-5-7-1-3(2-10)4(8-5)9-11/h1-2,11H,(H3,6,7,8,9). The zero-order valence-corrected chi connectivity index (χ0v) is 5.48. The molecule has 0 radical (unpaired) electrons. The molecule has 1 rings (SSSR count). The van der Waals surface area contributed by atoms with E-state index in [0.29, 0.717) is 6.29 Å². The minimum absolute atomic E-state index is 0.00694. The Morgan fingerprint density at radius 1 is 1.73 bits per heavy atom. The number of aldehydes is 1. The summed E-state index contributed by atoms with van der Waals surface area (Å²) in [5, 5.41) is 8.42. The zero-order valence-electron chi connectivity index (χ0n) is 5.48. The molecule has 0 amide bonds. The molecule has 1 aromatic rings. The van der Waals surface area contributed by atoms with E-state index < -0.39 is 0 Å². The molecule has 0 aliphatic heterocycles. The van der Waals surface area contributed by atoms with Gasteiger partial charge in [0.05, 0.1) is 5.56 Å². The van der Waals surface area contributed by atoms with Crippen LogP contribution in [0.15, 0.2) is 6.20 Å². The van der Waals surface area contributed by atoms with Crippen molar-refractivity contribution in [3.63, 3.8) is 0 Å². The molecule has 0 bridgehead atoms. The van der Waals surface area contributed by atoms with Crippen LogP contribution in [0, 0.1) is 0 Å². The SMILES string of the molecule is Nc1ncc(C=O)c(NO)n1. The molecule has 0 aliphatic carbocycles. The fourth-order valence-electron chi connectivity index (χ4n) is 0.581. The Hall–Kier alpha value is -1.69. The number of rotatable bonds is 2. The summed E-state index contributed by atoms with van der Waals surface area (Å²) >= 11 is 0. The molecule has 58 valence electrons. The van der Waals surface area contributed by atoms with Gasteiger partial charge in [-0.1, -0.05) is 0 Å². The molecule has 6 nitrogen and oxygen atoms in total. The molecule has 1 aromatic heterocycles. The molecule has 4 N–H and O–H groups in total. The van der Waals surface area contributed by atoms with Crippen LogP contribution in [0.3, 0.4) is 0 Å². The number of nitrogens with two attached hydrogens (primary N) is 1. The predicted molar refractivity (Wildman–Crippen MR) is 37.2 cm³/mol. The van der Waals surface area contributed by atoms with Crippen molar-refractivity contribution in [1.82, 2.24) is 9.97 Å². The number of nitrogens with zero attached hydrogens (tertiary/aromatic N) is 2. The number of nitrogens with one attached hydrogen (secondary N) is 1. The van der Waals surface area contributed by atoms with Gasteiger partial charge in [-0.15, -0.1) is 0 Å². The highest BCUT2D eigenvalue weighted by molar-refractivity contribution is 5.81. The first-order valence-electron chi connectivity index (χ1n) is 2.75. The summed E-state index contributed by atoms with van der Waals surface area (Å²) in [4.78, 5) is 17.3. The Labute approximate surface area is 62.0 Å². The minimum Gasteiger partial charge on any atom is -0.368 e. The van der Waals surface area contributed by atoms with Crippen molar-refractivity contribution in [3.05, 3.63) is 11.8 Å². The predicted octanol–water partition coefficient (Wildman–Crippen LogP) is -0.328. The number of hydrogen-bond acceptors (Lipinski definition) is 6. The third-order valence-electron chi connectivity index (χ3n) is 1.07. The highest BCUT2D eigenvalue weighted by atomic mass is 16.5. The maximum Gasteiger partial charge on any atom is 0.222 e. The number of anilines is 2. The van der Waals surface area contributed by atoms with E-state index in [1.165, 1.54) is 6.20 Å². The normalized spacial score (nSPS) is 9.18. The smallest absolute Gasteiger partial charge is 0.222 e. The Morgan fingerprint density at radius 3 is 3.00 bits per heavy atom. The van der Waals surface area contributed by atoms with Crippen LogP contribution in [0.1, 0.15) is 10.4 Å². The first-order chi connectivity index (χ1) is 5.27. The van der Waals surface area contributed by atoms with Crippen LogP contribution >= 0.6 is 0 Å². The first-order valence-corrected chi connectivity index (χ1v) is 2.75. The Morgan fingerprint density at radius 2 is 2.45 bits per heavy atom. The van der Waals surface area contributed by atoms with Gasteiger partial charge >= 0.3 is 0 Å². The molecule has 0 atom stereocenters. The van der Waals surface area contributed by atoms with Crippen LogP contribution in [0.2, 0.25) is 0 Å². The van der Waals surface area contributed by atoms with Gasteiger partial charge in [0.15, 0.2) is 12.1 Å². The lowest BCUT2D eigenvalue weighted by molar-refractivity contribution is 0.112. The second kappa shape index (κ2) is 2.93. The van der Waals surface area contributed by atoms with Crippen LogP contribution < -0.4 is 11.2 Å². The summed E-state index contributed by atoms with van der Waals surface area (Å²) in [6, 6.07) is 0. The van der Waals surface area contributed by atoms with Crippen molar-refractivity contribution < 1.29 is 10.0 Å². The lowest BCUT2D eigenvalue weighted by Gasteiger charge is -1.99. The molecule has 1 heterocycles. The first kappa shape index (κ1) is 7.42. The fourth-order valence-corrected chi connectivity index (χ4v) is 0.581. The topological polar surface area (TPSA) is 101 Å². The van der Waals surface area contributed by atoms with E-state index >= 15 is 0 Å². The average Bonchev–Trinajstić information content (AvgIpc) is 2.04. The van der Waals surface area contributed by atoms with E-state index in [4.69, 9.17) is 10.9 Å². The highest BCUT2D eigenvalue weighted by Crippen LogP contribution is 2.07. The lowest BCUT2D eigenvalue weighted by Crippen LogP contribution is -2.03. The maximum atomic E-state index is 10.2. The minimum atomic E-state index is -0.00727. The van der Waals surface area contributed by atoms with Gasteiger partial charge in [-0.25, -0.2) is 4.98 Å². The summed E-state index contributed by atoms with van der Waals surface area (Å²) in [5.41, 5.74) is 7.05. The van der Waals surface area contributed by atoms with Gasteiger partial charge in [0.1, 0.15) is 0 Å². The third kappa shape index (κ3) is 1.41. The van der Waals surface area contributed by atoms with Gasteiger partial charge in [0.25, 0.3) is 0 Å². The summed E-state index contributed by atoms with van der Waals surface area (Å²) in [5.74, 6) is -0.000324. The van der Waals surface area contributed by atoms with Crippen molar-refractivity contribution in [1.29, 1.82) is 0 Å². The molecule has 0 spiro atoms. The van der Waals surface area contributed by atoms with Crippen LogP contribution in [0.25, 0.3) is 0 Å². The van der Waals surface area contributed by atoms with Gasteiger partial charge in [-0.05, 0) is 0 Å². The molecule has 0 saturated carbocycles. The van der Waals surface area contributed by atoms with E-state index in [1.54, 1.807) is 5.48 Å². The molecule has 0 fully saturated rings. The Balaban J connectivity index is 3.16. The van der Waals surface area contributed by atoms with Crippen molar-refractivity contribution >= 4 is 18.1 Å².